The molecule has 0 amide bonds. The summed E-state index contributed by atoms with van der Waals surface area (Å²) < 4.78 is 24.3. The summed E-state index contributed by atoms with van der Waals surface area (Å²) in [7, 11) is -1.50. The molecule has 1 unspecified atom stereocenters. The van der Waals surface area contributed by atoms with Gasteiger partial charge in [0.15, 0.2) is 5.96 Å². The van der Waals surface area contributed by atoms with E-state index in [1.807, 2.05) is 31.2 Å². The van der Waals surface area contributed by atoms with Crippen molar-refractivity contribution in [2.75, 3.05) is 26.4 Å². The van der Waals surface area contributed by atoms with Gasteiger partial charge in [-0.2, -0.15) is 0 Å². The number of nitrogens with zero attached hydrogens (tertiary/aromatic N) is 1. The number of nitrogens with one attached hydrogen (secondary N) is 3. The van der Waals surface area contributed by atoms with Crippen LogP contribution in [0, 0.1) is 0 Å². The first-order chi connectivity index (χ1) is 9.81. The van der Waals surface area contributed by atoms with Gasteiger partial charge in [0.25, 0.3) is 0 Å². The smallest absolute Gasteiger partial charge is 0.208 e. The van der Waals surface area contributed by atoms with Crippen molar-refractivity contribution in [2.24, 2.45) is 4.99 Å². The van der Waals surface area contributed by atoms with Gasteiger partial charge in [0.1, 0.15) is 0 Å². The van der Waals surface area contributed by atoms with E-state index in [-0.39, 0.29) is 6.04 Å². The van der Waals surface area contributed by atoms with Gasteiger partial charge in [-0.3, -0.25) is 4.99 Å². The van der Waals surface area contributed by atoms with Gasteiger partial charge in [-0.1, -0.05) is 23.7 Å². The molecule has 0 saturated heterocycles. The lowest BCUT2D eigenvalue weighted by Gasteiger charge is -2.18. The first-order valence-electron chi connectivity index (χ1n) is 6.49. The molecule has 118 valence electrons. The van der Waals surface area contributed by atoms with E-state index in [1.54, 1.807) is 7.05 Å². The zero-order valence-corrected chi connectivity index (χ0v) is 13.9. The van der Waals surface area contributed by atoms with E-state index in [0.717, 1.165) is 11.8 Å². The maximum Gasteiger partial charge on any atom is 0.208 e. The first kappa shape index (κ1) is 17.7. The van der Waals surface area contributed by atoms with Crippen molar-refractivity contribution in [2.45, 2.75) is 13.0 Å². The first-order valence-corrected chi connectivity index (χ1v) is 8.76. The minimum atomic E-state index is -3.16. The van der Waals surface area contributed by atoms with Crippen molar-refractivity contribution in [3.05, 3.63) is 34.9 Å². The molecule has 1 aromatic carbocycles. The van der Waals surface area contributed by atoms with E-state index in [4.69, 9.17) is 11.6 Å². The third-order valence-electron chi connectivity index (χ3n) is 2.73. The number of sulfonamides is 1. The lowest BCUT2D eigenvalue weighted by atomic mass is 10.1. The largest absolute Gasteiger partial charge is 0.355 e. The summed E-state index contributed by atoms with van der Waals surface area (Å²) in [4.78, 5) is 4.10. The molecule has 1 aromatic rings. The van der Waals surface area contributed by atoms with E-state index >= 15 is 0 Å². The fourth-order valence-corrected chi connectivity index (χ4v) is 2.25. The maximum atomic E-state index is 10.9. The predicted molar refractivity (Wildman–Crippen MR) is 87.2 cm³/mol. The normalized spacial score (nSPS) is 13.8. The summed E-state index contributed by atoms with van der Waals surface area (Å²) >= 11 is 5.86. The fraction of sp³-hybridized carbons (Fsp3) is 0.462. The molecular weight excluding hydrogens is 312 g/mol. The number of guanidine groups is 1. The third kappa shape index (κ3) is 7.31. The van der Waals surface area contributed by atoms with Crippen LogP contribution in [0.5, 0.6) is 0 Å². The van der Waals surface area contributed by atoms with Gasteiger partial charge in [-0.15, -0.1) is 0 Å². The van der Waals surface area contributed by atoms with Crippen molar-refractivity contribution < 1.29 is 8.42 Å². The second-order valence-corrected chi connectivity index (χ2v) is 6.85. The van der Waals surface area contributed by atoms with Crippen LogP contribution in [0.1, 0.15) is 18.5 Å². The van der Waals surface area contributed by atoms with E-state index in [0.29, 0.717) is 24.1 Å². The Balaban J connectivity index is 2.45. The highest BCUT2D eigenvalue weighted by Gasteiger charge is 2.07. The average molecular weight is 333 g/mol. The molecule has 0 aliphatic carbocycles. The van der Waals surface area contributed by atoms with E-state index in [1.165, 1.54) is 0 Å². The number of halogens is 1. The van der Waals surface area contributed by atoms with Crippen molar-refractivity contribution >= 4 is 27.6 Å². The number of aliphatic imine (C=N–C) groups is 1. The molecule has 0 aliphatic heterocycles. The van der Waals surface area contributed by atoms with E-state index < -0.39 is 10.0 Å². The van der Waals surface area contributed by atoms with Gasteiger partial charge in [0, 0.05) is 25.2 Å². The van der Waals surface area contributed by atoms with Crippen molar-refractivity contribution in [3.8, 4) is 0 Å². The van der Waals surface area contributed by atoms with Crippen LogP contribution in [0.3, 0.4) is 0 Å². The maximum absolute atomic E-state index is 10.9. The molecule has 0 aromatic heterocycles. The van der Waals surface area contributed by atoms with Crippen molar-refractivity contribution in [1.82, 2.24) is 15.4 Å². The molecule has 0 aliphatic rings. The summed E-state index contributed by atoms with van der Waals surface area (Å²) in [6, 6.07) is 7.61. The molecule has 0 bridgehead atoms. The summed E-state index contributed by atoms with van der Waals surface area (Å²) in [5, 5.41) is 6.95. The Morgan fingerprint density at radius 2 is 1.90 bits per heavy atom. The van der Waals surface area contributed by atoms with Crippen LogP contribution >= 0.6 is 11.6 Å². The molecule has 8 heteroatoms. The van der Waals surface area contributed by atoms with Crippen LogP contribution in [0.2, 0.25) is 5.02 Å². The van der Waals surface area contributed by atoms with Crippen LogP contribution in [-0.2, 0) is 10.0 Å². The fourth-order valence-electron chi connectivity index (χ4n) is 1.65. The second kappa shape index (κ2) is 8.21. The molecule has 21 heavy (non-hydrogen) atoms. The van der Waals surface area contributed by atoms with Crippen LogP contribution in [-0.4, -0.2) is 40.8 Å². The molecule has 3 N–H and O–H groups in total. The van der Waals surface area contributed by atoms with Crippen molar-refractivity contribution in [1.29, 1.82) is 0 Å². The lowest BCUT2D eigenvalue weighted by Crippen LogP contribution is -2.42. The standard InChI is InChI=1S/C13H21ClN4O2S/c1-10(11-4-6-12(14)7-5-11)18-13(15-2)16-8-9-17-21(3,19)20/h4-7,10,17H,8-9H2,1-3H3,(H2,15,16,18). The number of benzene rings is 1. The number of hydrogen-bond acceptors (Lipinski definition) is 3. The SMILES string of the molecule is CN=C(NCCNS(C)(=O)=O)NC(C)c1ccc(Cl)cc1. The topological polar surface area (TPSA) is 82.6 Å². The summed E-state index contributed by atoms with van der Waals surface area (Å²) in [6.07, 6.45) is 1.13. The molecule has 0 radical (unpaired) electrons. The zero-order valence-electron chi connectivity index (χ0n) is 12.4. The van der Waals surface area contributed by atoms with Gasteiger partial charge < -0.3 is 10.6 Å². The van der Waals surface area contributed by atoms with Crippen LogP contribution in [0.4, 0.5) is 0 Å². The summed E-state index contributed by atoms with van der Waals surface area (Å²) in [6.45, 7) is 2.75. The highest BCUT2D eigenvalue weighted by molar-refractivity contribution is 7.88. The molecule has 6 nitrogen and oxygen atoms in total. The van der Waals surface area contributed by atoms with Gasteiger partial charge in [-0.25, -0.2) is 13.1 Å². The number of rotatable bonds is 6. The molecule has 1 atom stereocenters. The van der Waals surface area contributed by atoms with Crippen LogP contribution < -0.4 is 15.4 Å². The third-order valence-corrected chi connectivity index (χ3v) is 3.71. The highest BCUT2D eigenvalue weighted by Crippen LogP contribution is 2.15. The molecule has 0 fully saturated rings. The quantitative estimate of drug-likeness (QED) is 0.414. The molecule has 0 heterocycles. The Morgan fingerprint density at radius 3 is 2.43 bits per heavy atom. The Morgan fingerprint density at radius 1 is 1.29 bits per heavy atom. The predicted octanol–water partition coefficient (Wildman–Crippen LogP) is 1.12. The summed E-state index contributed by atoms with van der Waals surface area (Å²) in [5.74, 6) is 0.604. The van der Waals surface area contributed by atoms with E-state index in [2.05, 4.69) is 20.3 Å². The van der Waals surface area contributed by atoms with Gasteiger partial charge in [0.2, 0.25) is 10.0 Å². The zero-order chi connectivity index (χ0) is 15.9. The van der Waals surface area contributed by atoms with Gasteiger partial charge in [-0.05, 0) is 24.6 Å². The highest BCUT2D eigenvalue weighted by atomic mass is 35.5. The second-order valence-electron chi connectivity index (χ2n) is 4.58. The van der Waals surface area contributed by atoms with Crippen LogP contribution in [0.15, 0.2) is 29.3 Å². The summed E-state index contributed by atoms with van der Waals surface area (Å²) in [5.41, 5.74) is 1.08. The Bertz CT molecular complexity index is 572. The molecule has 0 spiro atoms. The van der Waals surface area contributed by atoms with E-state index in [9.17, 15) is 8.42 Å². The molecule has 1 rings (SSSR count). The average Bonchev–Trinajstić information content (AvgIpc) is 2.41. The Hall–Kier alpha value is -1.31. The van der Waals surface area contributed by atoms with Crippen LogP contribution in [0.25, 0.3) is 0 Å². The number of hydrogen-bond donors (Lipinski definition) is 3. The monoisotopic (exact) mass is 332 g/mol. The molecular formula is C13H21ClN4O2S. The Labute approximate surface area is 131 Å². The molecule has 0 saturated carbocycles. The minimum absolute atomic E-state index is 0.0522. The Kier molecular flexibility index (Phi) is 6.94. The van der Waals surface area contributed by atoms with Gasteiger partial charge >= 0.3 is 0 Å². The minimum Gasteiger partial charge on any atom is -0.355 e. The lowest BCUT2D eigenvalue weighted by molar-refractivity contribution is 0.586. The van der Waals surface area contributed by atoms with Gasteiger partial charge in [0.05, 0.1) is 12.3 Å². The van der Waals surface area contributed by atoms with Crippen molar-refractivity contribution in [3.63, 3.8) is 0 Å².